The Morgan fingerprint density at radius 3 is 2.86 bits per heavy atom. The van der Waals surface area contributed by atoms with Crippen LogP contribution in [-0.4, -0.2) is 47.3 Å². The van der Waals surface area contributed by atoms with Gasteiger partial charge in [0.25, 0.3) is 0 Å². The molecule has 0 aliphatic carbocycles. The summed E-state index contributed by atoms with van der Waals surface area (Å²) in [4.78, 5) is 15.0. The predicted octanol–water partition coefficient (Wildman–Crippen LogP) is 2.36. The van der Waals surface area contributed by atoms with Crippen LogP contribution in [0.3, 0.4) is 0 Å². The number of aliphatic hydroxyl groups is 1. The second-order valence-corrected chi connectivity index (χ2v) is 4.71. The summed E-state index contributed by atoms with van der Waals surface area (Å²) in [6.45, 7) is 4.01. The van der Waals surface area contributed by atoms with Gasteiger partial charge in [-0.3, -0.25) is 9.98 Å². The zero-order valence-electron chi connectivity index (χ0n) is 12.2. The van der Waals surface area contributed by atoms with E-state index in [0.717, 1.165) is 17.0 Å². The molecule has 0 unspecified atom stereocenters. The molecule has 5 nitrogen and oxygen atoms in total. The fraction of sp³-hybridized carbons (Fsp3) is 0.188. The van der Waals surface area contributed by atoms with Gasteiger partial charge in [0.2, 0.25) is 0 Å². The molecule has 0 amide bonds. The van der Waals surface area contributed by atoms with Crippen molar-refractivity contribution < 1.29 is 5.11 Å². The van der Waals surface area contributed by atoms with Gasteiger partial charge in [-0.1, -0.05) is 12.7 Å². The Hall–Kier alpha value is -2.69. The molecule has 0 saturated heterocycles. The maximum atomic E-state index is 9.77. The third kappa shape index (κ3) is 3.66. The minimum Gasteiger partial charge on any atom is -0.508 e. The van der Waals surface area contributed by atoms with Gasteiger partial charge in [0.05, 0.1) is 6.54 Å². The predicted molar refractivity (Wildman–Crippen MR) is 85.8 cm³/mol. The highest BCUT2D eigenvalue weighted by molar-refractivity contribution is 6.13. The summed E-state index contributed by atoms with van der Waals surface area (Å²) in [5.41, 5.74) is 1.73. The topological polar surface area (TPSA) is 61.1 Å². The summed E-state index contributed by atoms with van der Waals surface area (Å²) in [5.74, 6) is 1.55. The molecule has 0 aromatic carbocycles. The van der Waals surface area contributed by atoms with Crippen molar-refractivity contribution in [2.24, 2.45) is 9.98 Å². The molecule has 2 rings (SSSR count). The van der Waals surface area contributed by atoms with Crippen LogP contribution in [0.2, 0.25) is 0 Å². The maximum absolute atomic E-state index is 9.77. The minimum atomic E-state index is 0.134. The molecule has 0 radical (unpaired) electrons. The van der Waals surface area contributed by atoms with Gasteiger partial charge < -0.3 is 10.0 Å². The standard InChI is InChI=1S/C16H18N4O/c1-4-6-14(21)9-13-11-18-15(19-16(13)20(2)3)12-7-5-8-17-10-12/h4-10,21H,1,11H2,2-3H3/b13-9+,14-6+. The average molecular weight is 282 g/mol. The first-order chi connectivity index (χ1) is 10.1. The van der Waals surface area contributed by atoms with Gasteiger partial charge in [0.15, 0.2) is 5.84 Å². The van der Waals surface area contributed by atoms with Crippen LogP contribution in [0.1, 0.15) is 5.56 Å². The highest BCUT2D eigenvalue weighted by Crippen LogP contribution is 2.14. The Bertz CT molecular complexity index is 640. The zero-order chi connectivity index (χ0) is 15.2. The van der Waals surface area contributed by atoms with Crippen LogP contribution in [0.15, 0.2) is 70.7 Å². The molecule has 108 valence electrons. The molecule has 0 saturated carbocycles. The van der Waals surface area contributed by atoms with Crippen molar-refractivity contribution in [1.82, 2.24) is 9.88 Å². The molecule has 0 atom stereocenters. The summed E-state index contributed by atoms with van der Waals surface area (Å²) in [6.07, 6.45) is 8.17. The number of aliphatic hydroxyl groups excluding tert-OH is 1. The Morgan fingerprint density at radius 2 is 2.24 bits per heavy atom. The number of hydrogen-bond acceptors (Lipinski definition) is 5. The lowest BCUT2D eigenvalue weighted by molar-refractivity contribution is 0.432. The van der Waals surface area contributed by atoms with Crippen molar-refractivity contribution in [3.8, 4) is 0 Å². The van der Waals surface area contributed by atoms with E-state index < -0.39 is 0 Å². The van der Waals surface area contributed by atoms with Crippen molar-refractivity contribution >= 4 is 11.7 Å². The molecule has 21 heavy (non-hydrogen) atoms. The molecule has 1 aliphatic heterocycles. The quantitative estimate of drug-likeness (QED) is 0.684. The van der Waals surface area contributed by atoms with Crippen molar-refractivity contribution in [3.63, 3.8) is 0 Å². The molecule has 5 heteroatoms. The number of likely N-dealkylation sites (N-methyl/N-ethyl adjacent to an activating group) is 1. The third-order valence-corrected chi connectivity index (χ3v) is 2.85. The largest absolute Gasteiger partial charge is 0.508 e. The van der Waals surface area contributed by atoms with Gasteiger partial charge >= 0.3 is 0 Å². The first-order valence-corrected chi connectivity index (χ1v) is 6.55. The van der Waals surface area contributed by atoms with Crippen molar-refractivity contribution in [1.29, 1.82) is 0 Å². The lowest BCUT2D eigenvalue weighted by Crippen LogP contribution is -2.29. The van der Waals surface area contributed by atoms with Gasteiger partial charge in [-0.05, 0) is 24.3 Å². The van der Waals surface area contributed by atoms with Gasteiger partial charge in [0, 0.05) is 37.6 Å². The Morgan fingerprint density at radius 1 is 1.43 bits per heavy atom. The molecule has 1 aromatic heterocycles. The molecule has 1 N–H and O–H groups in total. The van der Waals surface area contributed by atoms with E-state index in [2.05, 4.69) is 21.5 Å². The van der Waals surface area contributed by atoms with E-state index in [1.54, 1.807) is 18.5 Å². The van der Waals surface area contributed by atoms with E-state index in [-0.39, 0.29) is 5.76 Å². The summed E-state index contributed by atoms with van der Waals surface area (Å²) < 4.78 is 0. The Kier molecular flexibility index (Phi) is 4.66. The number of nitrogens with zero attached hydrogens (tertiary/aromatic N) is 4. The maximum Gasteiger partial charge on any atom is 0.158 e. The van der Waals surface area contributed by atoms with Crippen LogP contribution in [-0.2, 0) is 0 Å². The Labute approximate surface area is 124 Å². The van der Waals surface area contributed by atoms with E-state index in [9.17, 15) is 5.11 Å². The molecule has 1 aliphatic rings. The van der Waals surface area contributed by atoms with E-state index in [0.29, 0.717) is 12.4 Å². The van der Waals surface area contributed by atoms with Crippen molar-refractivity contribution in [2.45, 2.75) is 0 Å². The van der Waals surface area contributed by atoms with E-state index in [1.165, 1.54) is 12.2 Å². The van der Waals surface area contributed by atoms with E-state index in [4.69, 9.17) is 0 Å². The lowest BCUT2D eigenvalue weighted by Gasteiger charge is -2.21. The first kappa shape index (κ1) is 14.7. The third-order valence-electron chi connectivity index (χ3n) is 2.85. The van der Waals surface area contributed by atoms with Gasteiger partial charge in [-0.25, -0.2) is 4.99 Å². The second kappa shape index (κ2) is 6.65. The molecule has 0 bridgehead atoms. The second-order valence-electron chi connectivity index (χ2n) is 4.71. The van der Waals surface area contributed by atoms with Crippen LogP contribution >= 0.6 is 0 Å². The van der Waals surface area contributed by atoms with Gasteiger partial charge in [0.1, 0.15) is 11.6 Å². The summed E-state index contributed by atoms with van der Waals surface area (Å²) >= 11 is 0. The monoisotopic (exact) mass is 282 g/mol. The van der Waals surface area contributed by atoms with E-state index in [1.807, 2.05) is 31.1 Å². The summed E-state index contributed by atoms with van der Waals surface area (Å²) in [5, 5.41) is 9.77. The number of pyridine rings is 1. The van der Waals surface area contributed by atoms with Crippen LogP contribution in [0.5, 0.6) is 0 Å². The van der Waals surface area contributed by atoms with E-state index >= 15 is 0 Å². The molecule has 0 spiro atoms. The number of allylic oxidation sites excluding steroid dienone is 3. The fourth-order valence-corrected chi connectivity index (χ4v) is 1.93. The highest BCUT2D eigenvalue weighted by atomic mass is 16.3. The van der Waals surface area contributed by atoms with Crippen molar-refractivity contribution in [2.75, 3.05) is 20.6 Å². The average Bonchev–Trinajstić information content (AvgIpc) is 2.48. The Balaban J connectivity index is 2.36. The smallest absolute Gasteiger partial charge is 0.158 e. The minimum absolute atomic E-state index is 0.134. The molecular formula is C16H18N4O. The van der Waals surface area contributed by atoms with Crippen molar-refractivity contribution in [3.05, 3.63) is 66.2 Å². The number of aromatic nitrogens is 1. The zero-order valence-corrected chi connectivity index (χ0v) is 12.2. The molecule has 0 fully saturated rings. The number of rotatable bonds is 3. The van der Waals surface area contributed by atoms with Gasteiger partial charge in [-0.2, -0.15) is 0 Å². The summed E-state index contributed by atoms with van der Waals surface area (Å²) in [7, 11) is 3.82. The fourth-order valence-electron chi connectivity index (χ4n) is 1.93. The first-order valence-electron chi connectivity index (χ1n) is 6.55. The number of aliphatic imine (C=N–C) groups is 2. The van der Waals surface area contributed by atoms with Crippen LogP contribution in [0, 0.1) is 0 Å². The molecule has 2 heterocycles. The highest BCUT2D eigenvalue weighted by Gasteiger charge is 2.17. The number of hydrogen-bond donors (Lipinski definition) is 1. The van der Waals surface area contributed by atoms with Gasteiger partial charge in [-0.15, -0.1) is 0 Å². The van der Waals surface area contributed by atoms with Crippen LogP contribution < -0.4 is 0 Å². The normalized spacial score (nSPS) is 17.2. The molecule has 1 aromatic rings. The SMILES string of the molecule is C=C/C=C(O)\C=C1/CN=C(c2cccnc2)N=C1N(C)C. The number of amidine groups is 2. The molecular weight excluding hydrogens is 264 g/mol. The lowest BCUT2D eigenvalue weighted by atomic mass is 10.1. The summed E-state index contributed by atoms with van der Waals surface area (Å²) in [6, 6.07) is 3.78. The van der Waals surface area contributed by atoms with Crippen LogP contribution in [0.4, 0.5) is 0 Å². The van der Waals surface area contributed by atoms with Crippen LogP contribution in [0.25, 0.3) is 0 Å².